The van der Waals surface area contributed by atoms with Crippen molar-refractivity contribution in [2.75, 3.05) is 12.3 Å². The van der Waals surface area contributed by atoms with Gasteiger partial charge in [-0.15, -0.1) is 6.42 Å². The van der Waals surface area contributed by atoms with Crippen LogP contribution in [-0.2, 0) is 16.0 Å². The van der Waals surface area contributed by atoms with Gasteiger partial charge in [0.05, 0.1) is 6.04 Å². The lowest BCUT2D eigenvalue weighted by Gasteiger charge is -2.10. The first-order valence-electron chi connectivity index (χ1n) is 7.28. The Kier molecular flexibility index (Phi) is 7.48. The first-order valence-corrected chi connectivity index (χ1v) is 7.28. The minimum atomic E-state index is -0.273. The second-order valence-electron chi connectivity index (χ2n) is 4.85. The number of nitrogen functional groups attached to an aromatic ring is 1. The molecule has 118 valence electrons. The number of nitrogens with two attached hydrogens (primary N) is 1. The second-order valence-corrected chi connectivity index (χ2v) is 4.85. The molecule has 0 radical (unpaired) electrons. The summed E-state index contributed by atoms with van der Waals surface area (Å²) in [6, 6.07) is 5.10. The Morgan fingerprint density at radius 2 is 2.09 bits per heavy atom. The van der Waals surface area contributed by atoms with E-state index in [2.05, 4.69) is 21.5 Å². The number of nitrogens with zero attached hydrogens (tertiary/aromatic N) is 1. The quantitative estimate of drug-likeness (QED) is 0.614. The number of pyridine rings is 1. The predicted molar refractivity (Wildman–Crippen MR) is 85.7 cm³/mol. The third-order valence-electron chi connectivity index (χ3n) is 3.06. The molecule has 6 nitrogen and oxygen atoms in total. The molecule has 0 aliphatic heterocycles. The molecule has 4 N–H and O–H groups in total. The fraction of sp³-hybridized carbons (Fsp3) is 0.438. The van der Waals surface area contributed by atoms with E-state index in [0.29, 0.717) is 25.2 Å². The fourth-order valence-corrected chi connectivity index (χ4v) is 1.81. The molecule has 22 heavy (non-hydrogen) atoms. The van der Waals surface area contributed by atoms with Crippen LogP contribution >= 0.6 is 0 Å². The van der Waals surface area contributed by atoms with Gasteiger partial charge in [-0.2, -0.15) is 0 Å². The zero-order valence-corrected chi connectivity index (χ0v) is 12.8. The molecule has 1 heterocycles. The Morgan fingerprint density at radius 3 is 2.73 bits per heavy atom. The van der Waals surface area contributed by atoms with Gasteiger partial charge in [-0.3, -0.25) is 9.59 Å². The number of hydrogen-bond acceptors (Lipinski definition) is 4. The number of anilines is 1. The van der Waals surface area contributed by atoms with Crippen LogP contribution in [0.5, 0.6) is 0 Å². The van der Waals surface area contributed by atoms with Crippen molar-refractivity contribution in [3.8, 4) is 12.3 Å². The number of nitrogens with one attached hydrogen (secondary N) is 2. The summed E-state index contributed by atoms with van der Waals surface area (Å²) >= 11 is 0. The molecule has 0 fully saturated rings. The monoisotopic (exact) mass is 302 g/mol. The third kappa shape index (κ3) is 6.75. The minimum absolute atomic E-state index is 0.126. The molecule has 6 heteroatoms. The second kappa shape index (κ2) is 9.40. The van der Waals surface area contributed by atoms with Crippen molar-refractivity contribution in [2.24, 2.45) is 0 Å². The standard InChI is InChI=1S/C16H22N4O2/c1-3-12(4-2)20-16(22)9-8-15(21)18-11-10-13-6-5-7-14(17)19-13/h1,5-7,12H,4,8-11H2,2H3,(H2,17,19)(H,18,21)(H,20,22). The highest BCUT2D eigenvalue weighted by Gasteiger charge is 2.09. The lowest BCUT2D eigenvalue weighted by molar-refractivity contribution is -0.126. The number of hydrogen-bond donors (Lipinski definition) is 3. The van der Waals surface area contributed by atoms with E-state index in [9.17, 15) is 9.59 Å². The third-order valence-corrected chi connectivity index (χ3v) is 3.06. The van der Waals surface area contributed by atoms with Crippen molar-refractivity contribution in [1.29, 1.82) is 0 Å². The lowest BCUT2D eigenvalue weighted by Crippen LogP contribution is -2.34. The van der Waals surface area contributed by atoms with Gasteiger partial charge in [-0.25, -0.2) is 4.98 Å². The van der Waals surface area contributed by atoms with Gasteiger partial charge in [0.1, 0.15) is 5.82 Å². The van der Waals surface area contributed by atoms with Crippen molar-refractivity contribution in [3.05, 3.63) is 23.9 Å². The Morgan fingerprint density at radius 1 is 1.36 bits per heavy atom. The summed E-state index contributed by atoms with van der Waals surface area (Å²) in [6.45, 7) is 2.35. The molecule has 0 spiro atoms. The van der Waals surface area contributed by atoms with Crippen LogP contribution in [0.1, 0.15) is 31.9 Å². The minimum Gasteiger partial charge on any atom is -0.384 e. The van der Waals surface area contributed by atoms with Crippen LogP contribution in [0.3, 0.4) is 0 Å². The lowest BCUT2D eigenvalue weighted by atomic mass is 10.2. The number of aromatic nitrogens is 1. The van der Waals surface area contributed by atoms with E-state index >= 15 is 0 Å². The number of amides is 2. The topological polar surface area (TPSA) is 97.1 Å². The number of carbonyl (C=O) groups excluding carboxylic acids is 2. The summed E-state index contributed by atoms with van der Waals surface area (Å²) in [4.78, 5) is 27.4. The maximum atomic E-state index is 11.7. The molecule has 1 aromatic heterocycles. The average molecular weight is 302 g/mol. The van der Waals surface area contributed by atoms with E-state index in [1.165, 1.54) is 0 Å². The summed E-state index contributed by atoms with van der Waals surface area (Å²) in [6.07, 6.45) is 6.79. The highest BCUT2D eigenvalue weighted by molar-refractivity contribution is 5.83. The van der Waals surface area contributed by atoms with Gasteiger partial charge in [-0.1, -0.05) is 18.9 Å². The normalized spacial score (nSPS) is 11.3. The Bertz CT molecular complexity index is 551. The highest BCUT2D eigenvalue weighted by atomic mass is 16.2. The molecule has 0 aromatic carbocycles. The fourth-order valence-electron chi connectivity index (χ4n) is 1.81. The van der Waals surface area contributed by atoms with Crippen LogP contribution in [0.25, 0.3) is 0 Å². The molecule has 0 bridgehead atoms. The molecule has 1 aromatic rings. The van der Waals surface area contributed by atoms with E-state index < -0.39 is 0 Å². The molecule has 1 rings (SSSR count). The first kappa shape index (κ1) is 17.5. The van der Waals surface area contributed by atoms with Crippen molar-refractivity contribution < 1.29 is 9.59 Å². The van der Waals surface area contributed by atoms with Crippen molar-refractivity contribution >= 4 is 17.6 Å². The Labute approximate surface area is 130 Å². The van der Waals surface area contributed by atoms with Gasteiger partial charge in [0.15, 0.2) is 0 Å². The molecule has 1 unspecified atom stereocenters. The number of rotatable bonds is 8. The van der Waals surface area contributed by atoms with Crippen molar-refractivity contribution in [2.45, 2.75) is 38.6 Å². The summed E-state index contributed by atoms with van der Waals surface area (Å²) in [5.41, 5.74) is 6.39. The number of carbonyl (C=O) groups is 2. The van der Waals surface area contributed by atoms with Gasteiger partial charge in [0.2, 0.25) is 11.8 Å². The van der Waals surface area contributed by atoms with E-state index in [4.69, 9.17) is 12.2 Å². The first-order chi connectivity index (χ1) is 10.5. The van der Waals surface area contributed by atoms with Gasteiger partial charge in [0, 0.05) is 31.5 Å². The van der Waals surface area contributed by atoms with E-state index in [1.54, 1.807) is 6.07 Å². The summed E-state index contributed by atoms with van der Waals surface area (Å²) in [5, 5.41) is 5.43. The Balaban J connectivity index is 2.21. The predicted octanol–water partition coefficient (Wildman–Crippen LogP) is 0.631. The SMILES string of the molecule is C#CC(CC)NC(=O)CCC(=O)NCCc1cccc(N)n1. The van der Waals surface area contributed by atoms with Crippen LogP contribution in [0.4, 0.5) is 5.82 Å². The van der Waals surface area contributed by atoms with Crippen LogP contribution < -0.4 is 16.4 Å². The van der Waals surface area contributed by atoms with E-state index in [1.807, 2.05) is 19.1 Å². The summed E-state index contributed by atoms with van der Waals surface area (Å²) in [7, 11) is 0. The largest absolute Gasteiger partial charge is 0.384 e. The van der Waals surface area contributed by atoms with Crippen LogP contribution in [0, 0.1) is 12.3 Å². The van der Waals surface area contributed by atoms with E-state index in [-0.39, 0.29) is 30.7 Å². The van der Waals surface area contributed by atoms with E-state index in [0.717, 1.165) is 5.69 Å². The molecule has 0 aliphatic carbocycles. The van der Waals surface area contributed by atoms with Crippen molar-refractivity contribution in [1.82, 2.24) is 15.6 Å². The molecule has 2 amide bonds. The van der Waals surface area contributed by atoms with Gasteiger partial charge < -0.3 is 16.4 Å². The molecule has 0 aliphatic rings. The van der Waals surface area contributed by atoms with Crippen molar-refractivity contribution in [3.63, 3.8) is 0 Å². The molecular formula is C16H22N4O2. The number of terminal acetylenes is 1. The summed E-state index contributed by atoms with van der Waals surface area (Å²) < 4.78 is 0. The molecule has 1 atom stereocenters. The zero-order valence-electron chi connectivity index (χ0n) is 12.8. The zero-order chi connectivity index (χ0) is 16.4. The molecular weight excluding hydrogens is 280 g/mol. The van der Waals surface area contributed by atoms with Gasteiger partial charge in [-0.05, 0) is 18.6 Å². The summed E-state index contributed by atoms with van der Waals surface area (Å²) in [5.74, 6) is 2.55. The highest BCUT2D eigenvalue weighted by Crippen LogP contribution is 2.00. The van der Waals surface area contributed by atoms with Gasteiger partial charge in [0.25, 0.3) is 0 Å². The Hall–Kier alpha value is -2.55. The molecule has 0 saturated carbocycles. The van der Waals surface area contributed by atoms with Crippen LogP contribution in [0.15, 0.2) is 18.2 Å². The van der Waals surface area contributed by atoms with Crippen LogP contribution in [-0.4, -0.2) is 29.4 Å². The van der Waals surface area contributed by atoms with Gasteiger partial charge >= 0.3 is 0 Å². The smallest absolute Gasteiger partial charge is 0.221 e. The molecule has 0 saturated heterocycles. The maximum Gasteiger partial charge on any atom is 0.221 e. The maximum absolute atomic E-state index is 11.7. The average Bonchev–Trinajstić information content (AvgIpc) is 2.50. The van der Waals surface area contributed by atoms with Crippen LogP contribution in [0.2, 0.25) is 0 Å².